The summed E-state index contributed by atoms with van der Waals surface area (Å²) in [5, 5.41) is 8.19. The van der Waals surface area contributed by atoms with Gasteiger partial charge in [0.1, 0.15) is 0 Å². The molecule has 114 valence electrons. The standard InChI is InChI=1S/C18H27N3/c1-5-10-19-13-15-8-9-18(14(4)11-15)21-17(7-3)12-16(6-2)20-21/h8-9,11-12,19H,5-7,10,13H2,1-4H3. The Bertz CT molecular complexity index is 584. The summed E-state index contributed by atoms with van der Waals surface area (Å²) in [7, 11) is 0. The van der Waals surface area contributed by atoms with Crippen LogP contribution in [0.1, 0.15) is 49.7 Å². The second-order valence-corrected chi connectivity index (χ2v) is 5.54. The molecule has 1 aromatic heterocycles. The molecule has 1 heterocycles. The molecular formula is C18H27N3. The van der Waals surface area contributed by atoms with Crippen molar-refractivity contribution in [3.05, 3.63) is 46.8 Å². The van der Waals surface area contributed by atoms with Gasteiger partial charge < -0.3 is 5.32 Å². The van der Waals surface area contributed by atoms with Crippen LogP contribution in [0.5, 0.6) is 0 Å². The Hall–Kier alpha value is -1.61. The van der Waals surface area contributed by atoms with E-state index in [1.54, 1.807) is 0 Å². The van der Waals surface area contributed by atoms with E-state index in [1.807, 2.05) is 0 Å². The fourth-order valence-electron chi connectivity index (χ4n) is 2.58. The second-order valence-electron chi connectivity index (χ2n) is 5.54. The van der Waals surface area contributed by atoms with E-state index in [-0.39, 0.29) is 0 Å². The van der Waals surface area contributed by atoms with Crippen molar-refractivity contribution in [1.82, 2.24) is 15.1 Å². The molecular weight excluding hydrogens is 258 g/mol. The van der Waals surface area contributed by atoms with Crippen LogP contribution in [0, 0.1) is 6.92 Å². The molecule has 0 aliphatic carbocycles. The maximum Gasteiger partial charge on any atom is 0.0678 e. The number of hydrogen-bond acceptors (Lipinski definition) is 2. The van der Waals surface area contributed by atoms with E-state index in [4.69, 9.17) is 5.10 Å². The minimum absolute atomic E-state index is 0.939. The molecule has 0 amide bonds. The molecule has 0 aliphatic heterocycles. The quantitative estimate of drug-likeness (QED) is 0.784. The van der Waals surface area contributed by atoms with E-state index in [0.29, 0.717) is 0 Å². The molecule has 1 N–H and O–H groups in total. The molecule has 3 nitrogen and oxygen atoms in total. The monoisotopic (exact) mass is 285 g/mol. The van der Waals surface area contributed by atoms with Crippen molar-refractivity contribution in [3.8, 4) is 5.69 Å². The Morgan fingerprint density at radius 3 is 2.52 bits per heavy atom. The predicted octanol–water partition coefficient (Wildman–Crippen LogP) is 3.81. The highest BCUT2D eigenvalue weighted by atomic mass is 15.3. The van der Waals surface area contributed by atoms with E-state index in [1.165, 1.54) is 34.6 Å². The lowest BCUT2D eigenvalue weighted by Crippen LogP contribution is -2.14. The predicted molar refractivity (Wildman–Crippen MR) is 89.1 cm³/mol. The fraction of sp³-hybridized carbons (Fsp3) is 0.500. The number of aryl methyl sites for hydroxylation is 3. The van der Waals surface area contributed by atoms with Crippen LogP contribution in [0.15, 0.2) is 24.3 Å². The van der Waals surface area contributed by atoms with Gasteiger partial charge >= 0.3 is 0 Å². The fourth-order valence-corrected chi connectivity index (χ4v) is 2.58. The van der Waals surface area contributed by atoms with Crippen molar-refractivity contribution < 1.29 is 0 Å². The zero-order chi connectivity index (χ0) is 15.2. The van der Waals surface area contributed by atoms with E-state index < -0.39 is 0 Å². The van der Waals surface area contributed by atoms with E-state index in [2.05, 4.69) is 62.0 Å². The molecule has 0 saturated heterocycles. The highest BCUT2D eigenvalue weighted by molar-refractivity contribution is 5.43. The molecule has 0 atom stereocenters. The summed E-state index contributed by atoms with van der Waals surface area (Å²) in [6.45, 7) is 10.7. The van der Waals surface area contributed by atoms with Crippen molar-refractivity contribution in [2.75, 3.05) is 6.54 Å². The lowest BCUT2D eigenvalue weighted by Gasteiger charge is -2.11. The van der Waals surface area contributed by atoms with Gasteiger partial charge in [0.15, 0.2) is 0 Å². The smallest absolute Gasteiger partial charge is 0.0678 e. The van der Waals surface area contributed by atoms with Crippen LogP contribution in [0.4, 0.5) is 0 Å². The van der Waals surface area contributed by atoms with Gasteiger partial charge in [0.05, 0.1) is 11.4 Å². The van der Waals surface area contributed by atoms with Crippen LogP contribution < -0.4 is 5.32 Å². The van der Waals surface area contributed by atoms with E-state index in [9.17, 15) is 0 Å². The molecule has 0 bridgehead atoms. The lowest BCUT2D eigenvalue weighted by molar-refractivity contribution is 0.674. The van der Waals surface area contributed by atoms with Crippen LogP contribution in [-0.2, 0) is 19.4 Å². The molecule has 0 aliphatic rings. The minimum Gasteiger partial charge on any atom is -0.313 e. The first-order valence-corrected chi connectivity index (χ1v) is 8.08. The summed E-state index contributed by atoms with van der Waals surface area (Å²) < 4.78 is 2.11. The summed E-state index contributed by atoms with van der Waals surface area (Å²) in [6, 6.07) is 8.89. The van der Waals surface area contributed by atoms with E-state index >= 15 is 0 Å². The topological polar surface area (TPSA) is 29.9 Å². The summed E-state index contributed by atoms with van der Waals surface area (Å²) in [6.07, 6.45) is 3.16. The van der Waals surface area contributed by atoms with Gasteiger partial charge in [-0.15, -0.1) is 0 Å². The Kier molecular flexibility index (Phi) is 5.57. The van der Waals surface area contributed by atoms with Crippen LogP contribution in [0.3, 0.4) is 0 Å². The van der Waals surface area contributed by atoms with Gasteiger partial charge in [-0.2, -0.15) is 5.10 Å². The Labute approximate surface area is 128 Å². The molecule has 3 heteroatoms. The Morgan fingerprint density at radius 1 is 1.10 bits per heavy atom. The zero-order valence-electron chi connectivity index (χ0n) is 13.7. The highest BCUT2D eigenvalue weighted by Crippen LogP contribution is 2.19. The van der Waals surface area contributed by atoms with Crippen LogP contribution >= 0.6 is 0 Å². The minimum atomic E-state index is 0.939. The van der Waals surface area contributed by atoms with Crippen molar-refractivity contribution in [2.24, 2.45) is 0 Å². The van der Waals surface area contributed by atoms with Gasteiger partial charge in [-0.1, -0.05) is 32.9 Å². The number of benzene rings is 1. The third-order valence-corrected chi connectivity index (χ3v) is 3.80. The van der Waals surface area contributed by atoms with Crippen LogP contribution in [-0.4, -0.2) is 16.3 Å². The molecule has 1 aromatic carbocycles. The lowest BCUT2D eigenvalue weighted by atomic mass is 10.1. The van der Waals surface area contributed by atoms with Crippen LogP contribution in [0.2, 0.25) is 0 Å². The number of hydrogen-bond donors (Lipinski definition) is 1. The molecule has 21 heavy (non-hydrogen) atoms. The van der Waals surface area contributed by atoms with Crippen molar-refractivity contribution >= 4 is 0 Å². The summed E-state index contributed by atoms with van der Waals surface area (Å²) in [5.41, 5.74) is 6.27. The maximum absolute atomic E-state index is 4.74. The normalized spacial score (nSPS) is 11.0. The second kappa shape index (κ2) is 7.41. The summed E-state index contributed by atoms with van der Waals surface area (Å²) >= 11 is 0. The number of aromatic nitrogens is 2. The third-order valence-electron chi connectivity index (χ3n) is 3.80. The van der Waals surface area contributed by atoms with Gasteiger partial charge in [-0.05, 0) is 56.0 Å². The molecule has 0 fully saturated rings. The molecule has 2 aromatic rings. The first-order chi connectivity index (χ1) is 10.2. The van der Waals surface area contributed by atoms with Gasteiger partial charge in [0.25, 0.3) is 0 Å². The molecule has 0 radical (unpaired) electrons. The van der Waals surface area contributed by atoms with Crippen molar-refractivity contribution in [3.63, 3.8) is 0 Å². The molecule has 0 unspecified atom stereocenters. The zero-order valence-corrected chi connectivity index (χ0v) is 13.7. The number of rotatable bonds is 7. The van der Waals surface area contributed by atoms with Crippen molar-refractivity contribution in [2.45, 2.75) is 53.5 Å². The Morgan fingerprint density at radius 2 is 1.90 bits per heavy atom. The number of nitrogens with one attached hydrogen (secondary N) is 1. The highest BCUT2D eigenvalue weighted by Gasteiger charge is 2.09. The third kappa shape index (κ3) is 3.73. The van der Waals surface area contributed by atoms with Gasteiger partial charge in [-0.25, -0.2) is 4.68 Å². The van der Waals surface area contributed by atoms with E-state index in [0.717, 1.165) is 25.9 Å². The summed E-state index contributed by atoms with van der Waals surface area (Å²) in [5.74, 6) is 0. The van der Waals surface area contributed by atoms with Crippen molar-refractivity contribution in [1.29, 1.82) is 0 Å². The van der Waals surface area contributed by atoms with Gasteiger partial charge in [0, 0.05) is 12.2 Å². The number of nitrogens with zero attached hydrogens (tertiary/aromatic N) is 2. The SMILES string of the molecule is CCCNCc1ccc(-n2nc(CC)cc2CC)c(C)c1. The molecule has 2 rings (SSSR count). The van der Waals surface area contributed by atoms with Gasteiger partial charge in [-0.3, -0.25) is 0 Å². The average molecular weight is 285 g/mol. The van der Waals surface area contributed by atoms with Crippen LogP contribution in [0.25, 0.3) is 5.69 Å². The Balaban J connectivity index is 2.26. The molecule has 0 spiro atoms. The first-order valence-electron chi connectivity index (χ1n) is 8.08. The maximum atomic E-state index is 4.74. The summed E-state index contributed by atoms with van der Waals surface area (Å²) in [4.78, 5) is 0. The first kappa shape index (κ1) is 15.8. The average Bonchev–Trinajstić information content (AvgIpc) is 2.91. The molecule has 0 saturated carbocycles. The largest absolute Gasteiger partial charge is 0.313 e. The van der Waals surface area contributed by atoms with Gasteiger partial charge in [0.2, 0.25) is 0 Å².